The zero-order valence-electron chi connectivity index (χ0n) is 12.6. The average Bonchev–Trinajstić information content (AvgIpc) is 3.11. The molecule has 5 heteroatoms. The maximum absolute atomic E-state index is 13.0. The van der Waals surface area contributed by atoms with E-state index in [-0.39, 0.29) is 5.43 Å². The highest BCUT2D eigenvalue weighted by molar-refractivity contribution is 9.10. The second-order valence-corrected chi connectivity index (χ2v) is 6.39. The Morgan fingerprint density at radius 3 is 2.62 bits per heavy atom. The molecule has 0 amide bonds. The zero-order chi connectivity index (χ0) is 16.5. The highest BCUT2D eigenvalue weighted by atomic mass is 79.9. The van der Waals surface area contributed by atoms with Crippen molar-refractivity contribution in [1.29, 1.82) is 0 Å². The number of aromatic nitrogens is 2. The predicted octanol–water partition coefficient (Wildman–Crippen LogP) is 4.47. The first kappa shape index (κ1) is 14.9. The SMILES string of the molecule is O=c1c(Cn2ccnc2)c(-c2ccc(Br)cc2)oc2ccccc12. The van der Waals surface area contributed by atoms with Crippen LogP contribution in [0.1, 0.15) is 5.56 Å². The molecule has 0 aliphatic carbocycles. The average molecular weight is 381 g/mol. The number of imidazole rings is 1. The highest BCUT2D eigenvalue weighted by Gasteiger charge is 2.16. The summed E-state index contributed by atoms with van der Waals surface area (Å²) in [6, 6.07) is 15.1. The molecule has 0 aliphatic heterocycles. The largest absolute Gasteiger partial charge is 0.455 e. The number of hydrogen-bond acceptors (Lipinski definition) is 3. The number of para-hydroxylation sites is 1. The first-order valence-electron chi connectivity index (χ1n) is 7.49. The maximum atomic E-state index is 13.0. The van der Waals surface area contributed by atoms with Gasteiger partial charge in [0, 0.05) is 22.4 Å². The molecule has 0 aliphatic rings. The lowest BCUT2D eigenvalue weighted by molar-refractivity contribution is 0.603. The molecular weight excluding hydrogens is 368 g/mol. The number of benzene rings is 2. The maximum Gasteiger partial charge on any atom is 0.198 e. The molecule has 0 bridgehead atoms. The fraction of sp³-hybridized carbons (Fsp3) is 0.0526. The van der Waals surface area contributed by atoms with Crippen molar-refractivity contribution in [2.75, 3.05) is 0 Å². The number of fused-ring (bicyclic) bond motifs is 1. The Morgan fingerprint density at radius 2 is 1.88 bits per heavy atom. The van der Waals surface area contributed by atoms with E-state index in [2.05, 4.69) is 20.9 Å². The van der Waals surface area contributed by atoms with Crippen molar-refractivity contribution in [3.63, 3.8) is 0 Å². The van der Waals surface area contributed by atoms with Gasteiger partial charge in [0.05, 0.1) is 23.8 Å². The first-order chi connectivity index (χ1) is 11.7. The fourth-order valence-corrected chi connectivity index (χ4v) is 2.99. The van der Waals surface area contributed by atoms with Gasteiger partial charge in [0.15, 0.2) is 5.43 Å². The van der Waals surface area contributed by atoms with Crippen LogP contribution in [-0.2, 0) is 6.54 Å². The summed E-state index contributed by atoms with van der Waals surface area (Å²) in [7, 11) is 0. The van der Waals surface area contributed by atoms with E-state index >= 15 is 0 Å². The van der Waals surface area contributed by atoms with E-state index in [1.807, 2.05) is 53.2 Å². The van der Waals surface area contributed by atoms with Gasteiger partial charge >= 0.3 is 0 Å². The summed E-state index contributed by atoms with van der Waals surface area (Å²) in [5.41, 5.74) is 2.07. The number of hydrogen-bond donors (Lipinski definition) is 0. The Balaban J connectivity index is 1.98. The molecule has 0 N–H and O–H groups in total. The second-order valence-electron chi connectivity index (χ2n) is 5.48. The minimum absolute atomic E-state index is 0.0107. The quantitative estimate of drug-likeness (QED) is 0.526. The molecule has 4 aromatic rings. The monoisotopic (exact) mass is 380 g/mol. The van der Waals surface area contributed by atoms with Gasteiger partial charge in [0.2, 0.25) is 0 Å². The molecule has 0 radical (unpaired) electrons. The van der Waals surface area contributed by atoms with Crippen LogP contribution in [0.5, 0.6) is 0 Å². The molecule has 2 heterocycles. The fourth-order valence-electron chi connectivity index (χ4n) is 2.72. The van der Waals surface area contributed by atoms with Gasteiger partial charge in [-0.2, -0.15) is 0 Å². The summed E-state index contributed by atoms with van der Waals surface area (Å²) in [6.07, 6.45) is 5.22. The standard InChI is InChI=1S/C19H13BrN2O2/c20-14-7-5-13(6-8-14)19-16(11-22-10-9-21-12-22)18(23)15-3-1-2-4-17(15)24-19/h1-10,12H,11H2. The van der Waals surface area contributed by atoms with Crippen LogP contribution in [0.25, 0.3) is 22.3 Å². The van der Waals surface area contributed by atoms with Gasteiger partial charge in [-0.05, 0) is 24.3 Å². The van der Waals surface area contributed by atoms with E-state index < -0.39 is 0 Å². The number of halogens is 1. The van der Waals surface area contributed by atoms with Crippen LogP contribution in [0, 0.1) is 0 Å². The Hall–Kier alpha value is -2.66. The van der Waals surface area contributed by atoms with Crippen LogP contribution in [0.15, 0.2) is 80.9 Å². The Bertz CT molecular complexity index is 1050. The van der Waals surface area contributed by atoms with Crippen LogP contribution in [0.3, 0.4) is 0 Å². The molecule has 2 aromatic heterocycles. The molecule has 0 saturated heterocycles. The highest BCUT2D eigenvalue weighted by Crippen LogP contribution is 2.27. The van der Waals surface area contributed by atoms with Gasteiger partial charge in [0.25, 0.3) is 0 Å². The first-order valence-corrected chi connectivity index (χ1v) is 8.28. The molecule has 4 rings (SSSR count). The normalized spacial score (nSPS) is 11.0. The summed E-state index contributed by atoms with van der Waals surface area (Å²) >= 11 is 3.43. The summed E-state index contributed by atoms with van der Waals surface area (Å²) in [6.45, 7) is 0.415. The van der Waals surface area contributed by atoms with Crippen molar-refractivity contribution >= 4 is 26.9 Å². The molecule has 2 aromatic carbocycles. The van der Waals surface area contributed by atoms with E-state index in [0.717, 1.165) is 10.0 Å². The topological polar surface area (TPSA) is 48.0 Å². The van der Waals surface area contributed by atoms with E-state index in [1.165, 1.54) is 0 Å². The van der Waals surface area contributed by atoms with E-state index in [0.29, 0.717) is 28.8 Å². The van der Waals surface area contributed by atoms with Crippen molar-refractivity contribution in [1.82, 2.24) is 9.55 Å². The molecule has 0 spiro atoms. The number of rotatable bonds is 3. The van der Waals surface area contributed by atoms with Crippen molar-refractivity contribution in [2.45, 2.75) is 6.54 Å². The second kappa shape index (κ2) is 6.09. The summed E-state index contributed by atoms with van der Waals surface area (Å²) in [4.78, 5) is 17.1. The molecule has 0 fully saturated rings. The molecule has 118 valence electrons. The Labute approximate surface area is 146 Å². The van der Waals surface area contributed by atoms with Gasteiger partial charge in [-0.15, -0.1) is 0 Å². The van der Waals surface area contributed by atoms with Gasteiger partial charge in [-0.1, -0.05) is 40.2 Å². The third kappa shape index (κ3) is 2.67. The summed E-state index contributed by atoms with van der Waals surface area (Å²) in [5.74, 6) is 0.597. The smallest absolute Gasteiger partial charge is 0.198 e. The molecule has 0 unspecified atom stereocenters. The van der Waals surface area contributed by atoms with Crippen molar-refractivity contribution in [3.05, 3.63) is 87.5 Å². The lowest BCUT2D eigenvalue weighted by atomic mass is 10.0. The summed E-state index contributed by atoms with van der Waals surface area (Å²) in [5, 5.41) is 0.591. The third-order valence-electron chi connectivity index (χ3n) is 3.90. The minimum atomic E-state index is -0.0107. The van der Waals surface area contributed by atoms with Crippen LogP contribution >= 0.6 is 15.9 Å². The molecular formula is C19H13BrN2O2. The van der Waals surface area contributed by atoms with Gasteiger partial charge in [-0.3, -0.25) is 4.79 Å². The van der Waals surface area contributed by atoms with Crippen LogP contribution in [-0.4, -0.2) is 9.55 Å². The summed E-state index contributed by atoms with van der Waals surface area (Å²) < 4.78 is 8.94. The molecule has 4 nitrogen and oxygen atoms in total. The van der Waals surface area contributed by atoms with E-state index in [1.54, 1.807) is 18.6 Å². The third-order valence-corrected chi connectivity index (χ3v) is 4.43. The van der Waals surface area contributed by atoms with Gasteiger partial charge in [0.1, 0.15) is 11.3 Å². The van der Waals surface area contributed by atoms with E-state index in [4.69, 9.17) is 4.42 Å². The van der Waals surface area contributed by atoms with Crippen molar-refractivity contribution in [3.8, 4) is 11.3 Å². The lowest BCUT2D eigenvalue weighted by Crippen LogP contribution is -2.14. The Kier molecular flexibility index (Phi) is 3.78. The van der Waals surface area contributed by atoms with Crippen molar-refractivity contribution in [2.24, 2.45) is 0 Å². The lowest BCUT2D eigenvalue weighted by Gasteiger charge is -2.11. The minimum Gasteiger partial charge on any atom is -0.455 e. The molecule has 24 heavy (non-hydrogen) atoms. The van der Waals surface area contributed by atoms with E-state index in [9.17, 15) is 4.79 Å². The molecule has 0 saturated carbocycles. The predicted molar refractivity (Wildman–Crippen MR) is 96.9 cm³/mol. The van der Waals surface area contributed by atoms with Crippen LogP contribution < -0.4 is 5.43 Å². The number of nitrogens with zero attached hydrogens (tertiary/aromatic N) is 2. The van der Waals surface area contributed by atoms with Crippen LogP contribution in [0.4, 0.5) is 0 Å². The Morgan fingerprint density at radius 1 is 1.08 bits per heavy atom. The van der Waals surface area contributed by atoms with Crippen molar-refractivity contribution < 1.29 is 4.42 Å². The van der Waals surface area contributed by atoms with Crippen LogP contribution in [0.2, 0.25) is 0 Å². The van der Waals surface area contributed by atoms with Gasteiger partial charge < -0.3 is 8.98 Å². The molecule has 0 atom stereocenters. The van der Waals surface area contributed by atoms with Gasteiger partial charge in [-0.25, -0.2) is 4.98 Å². The zero-order valence-corrected chi connectivity index (χ0v) is 14.2.